The molecular weight excluding hydrogens is 368 g/mol. The topological polar surface area (TPSA) is 85.6 Å². The van der Waals surface area contributed by atoms with Gasteiger partial charge in [-0.25, -0.2) is 15.0 Å². The second-order valence-electron chi connectivity index (χ2n) is 6.70. The molecule has 0 N–H and O–H groups in total. The van der Waals surface area contributed by atoms with Crippen LogP contribution in [0.25, 0.3) is 0 Å². The summed E-state index contributed by atoms with van der Waals surface area (Å²) in [7, 11) is 0. The molecule has 8 heteroatoms. The van der Waals surface area contributed by atoms with Crippen molar-refractivity contribution in [3.63, 3.8) is 0 Å². The Morgan fingerprint density at radius 3 is 2.45 bits per heavy atom. The summed E-state index contributed by atoms with van der Waals surface area (Å²) in [6.45, 7) is 3.54. The molecule has 1 saturated heterocycles. The number of benzene rings is 1. The molecule has 0 aliphatic carbocycles. The van der Waals surface area contributed by atoms with Crippen LogP contribution in [0.15, 0.2) is 60.3 Å². The lowest BCUT2D eigenvalue weighted by Gasteiger charge is -2.32. The van der Waals surface area contributed by atoms with Gasteiger partial charge in [0.1, 0.15) is 12.4 Å². The lowest BCUT2D eigenvalue weighted by atomic mass is 10.1. The monoisotopic (exact) mass is 390 g/mol. The van der Waals surface area contributed by atoms with Crippen LogP contribution in [0, 0.1) is 6.92 Å². The number of piperidine rings is 1. The Morgan fingerprint density at radius 1 is 0.966 bits per heavy atom. The highest BCUT2D eigenvalue weighted by Gasteiger charge is 2.23. The van der Waals surface area contributed by atoms with Crippen LogP contribution in [0.1, 0.15) is 24.0 Å². The van der Waals surface area contributed by atoms with E-state index in [2.05, 4.69) is 30.0 Å². The highest BCUT2D eigenvalue weighted by molar-refractivity contribution is 5.78. The quantitative estimate of drug-likeness (QED) is 0.472. The molecule has 0 spiro atoms. The minimum absolute atomic E-state index is 0.0734. The zero-order chi connectivity index (χ0) is 19.9. The third kappa shape index (κ3) is 4.84. The first-order valence-corrected chi connectivity index (χ1v) is 9.55. The predicted octanol–water partition coefficient (Wildman–Crippen LogP) is 3.04. The Kier molecular flexibility index (Phi) is 5.89. The molecule has 1 aliphatic rings. The van der Waals surface area contributed by atoms with Crippen molar-refractivity contribution < 1.29 is 9.57 Å². The number of anilines is 1. The van der Waals surface area contributed by atoms with E-state index in [4.69, 9.17) is 9.57 Å². The van der Waals surface area contributed by atoms with Crippen molar-refractivity contribution in [1.82, 2.24) is 19.9 Å². The molecule has 148 valence electrons. The first-order valence-electron chi connectivity index (χ1n) is 9.55. The minimum atomic E-state index is 0.0734. The van der Waals surface area contributed by atoms with Gasteiger partial charge in [0.2, 0.25) is 11.8 Å². The van der Waals surface area contributed by atoms with Crippen molar-refractivity contribution in [3.8, 4) is 11.8 Å². The Morgan fingerprint density at radius 2 is 1.69 bits per heavy atom. The van der Waals surface area contributed by atoms with Gasteiger partial charge >= 0.3 is 0 Å². The summed E-state index contributed by atoms with van der Waals surface area (Å²) in [5, 5.41) is 4.01. The molecule has 0 atom stereocenters. The van der Waals surface area contributed by atoms with Gasteiger partial charge in [-0.3, -0.25) is 0 Å². The molecule has 2 aromatic heterocycles. The van der Waals surface area contributed by atoms with Crippen LogP contribution in [0.2, 0.25) is 0 Å². The highest BCUT2D eigenvalue weighted by Crippen LogP contribution is 2.26. The lowest BCUT2D eigenvalue weighted by Crippen LogP contribution is -2.39. The second-order valence-corrected chi connectivity index (χ2v) is 6.70. The maximum Gasteiger partial charge on any atom is 0.258 e. The summed E-state index contributed by atoms with van der Waals surface area (Å²) in [6.07, 6.45) is 8.40. The minimum Gasteiger partial charge on any atom is -0.474 e. The van der Waals surface area contributed by atoms with Crippen molar-refractivity contribution in [2.24, 2.45) is 5.16 Å². The fraction of sp³-hybridized carbons (Fsp3) is 0.286. The summed E-state index contributed by atoms with van der Waals surface area (Å²) in [5.41, 5.74) is 1.68. The zero-order valence-electron chi connectivity index (χ0n) is 16.2. The SMILES string of the molecule is Cc1c(O/N=C/c2ccccc2)ncnc1OC1CCN(c2ncccn2)CC1. The van der Waals surface area contributed by atoms with E-state index in [0.29, 0.717) is 11.8 Å². The van der Waals surface area contributed by atoms with Crippen LogP contribution in [0.3, 0.4) is 0 Å². The Balaban J connectivity index is 1.35. The fourth-order valence-corrected chi connectivity index (χ4v) is 3.09. The zero-order valence-corrected chi connectivity index (χ0v) is 16.2. The molecule has 8 nitrogen and oxygen atoms in total. The van der Waals surface area contributed by atoms with Crippen LogP contribution in [-0.2, 0) is 0 Å². The highest BCUT2D eigenvalue weighted by atomic mass is 16.6. The van der Waals surface area contributed by atoms with Crippen LogP contribution < -0.4 is 14.5 Å². The van der Waals surface area contributed by atoms with Crippen molar-refractivity contribution in [2.45, 2.75) is 25.9 Å². The molecule has 1 fully saturated rings. The molecule has 1 aromatic carbocycles. The smallest absolute Gasteiger partial charge is 0.258 e. The molecule has 3 heterocycles. The van der Waals surface area contributed by atoms with Crippen LogP contribution in [0.4, 0.5) is 5.95 Å². The summed E-state index contributed by atoms with van der Waals surface area (Å²) in [5.74, 6) is 1.67. The van der Waals surface area contributed by atoms with Gasteiger partial charge in [0.05, 0.1) is 11.8 Å². The lowest BCUT2D eigenvalue weighted by molar-refractivity contribution is 0.160. The summed E-state index contributed by atoms with van der Waals surface area (Å²) in [4.78, 5) is 24.7. The van der Waals surface area contributed by atoms with Gasteiger partial charge in [-0.1, -0.05) is 35.5 Å². The number of hydrogen-bond donors (Lipinski definition) is 0. The molecule has 3 aromatic rings. The maximum absolute atomic E-state index is 6.13. The van der Waals surface area contributed by atoms with E-state index >= 15 is 0 Å². The Bertz CT molecular complexity index is 944. The van der Waals surface area contributed by atoms with E-state index in [-0.39, 0.29) is 6.10 Å². The molecule has 0 amide bonds. The average molecular weight is 390 g/mol. The maximum atomic E-state index is 6.13. The molecular formula is C21H22N6O2. The van der Waals surface area contributed by atoms with Crippen molar-refractivity contribution >= 4 is 12.2 Å². The van der Waals surface area contributed by atoms with E-state index in [9.17, 15) is 0 Å². The fourth-order valence-electron chi connectivity index (χ4n) is 3.09. The number of aromatic nitrogens is 4. The van der Waals surface area contributed by atoms with Crippen LogP contribution in [-0.4, -0.2) is 45.3 Å². The summed E-state index contributed by atoms with van der Waals surface area (Å²) >= 11 is 0. The molecule has 4 rings (SSSR count). The normalized spacial score (nSPS) is 14.9. The largest absolute Gasteiger partial charge is 0.474 e. The number of oxime groups is 1. The predicted molar refractivity (Wildman–Crippen MR) is 109 cm³/mol. The van der Waals surface area contributed by atoms with Gasteiger partial charge in [0.25, 0.3) is 5.88 Å². The van der Waals surface area contributed by atoms with Gasteiger partial charge in [0.15, 0.2) is 0 Å². The second kappa shape index (κ2) is 9.09. The Hall–Kier alpha value is -3.55. The molecule has 0 unspecified atom stereocenters. The molecule has 1 aliphatic heterocycles. The number of ether oxygens (including phenoxy) is 1. The van der Waals surface area contributed by atoms with Crippen LogP contribution in [0.5, 0.6) is 11.8 Å². The van der Waals surface area contributed by atoms with E-state index in [0.717, 1.165) is 43.0 Å². The van der Waals surface area contributed by atoms with Gasteiger partial charge in [-0.15, -0.1) is 0 Å². The van der Waals surface area contributed by atoms with Gasteiger partial charge < -0.3 is 14.5 Å². The van der Waals surface area contributed by atoms with E-state index < -0.39 is 0 Å². The first-order chi connectivity index (χ1) is 14.3. The number of hydrogen-bond acceptors (Lipinski definition) is 8. The average Bonchev–Trinajstić information content (AvgIpc) is 2.78. The van der Waals surface area contributed by atoms with Gasteiger partial charge in [0, 0.05) is 38.3 Å². The third-order valence-corrected chi connectivity index (χ3v) is 4.69. The standard InChI is InChI=1S/C21H22N6O2/c1-16-19(24-15-25-20(16)29-26-14-17-6-3-2-4-7-17)28-18-8-12-27(13-9-18)21-22-10-5-11-23-21/h2-7,10-11,14-15,18H,8-9,12-13H2,1H3/b26-14+. The Labute approximate surface area is 169 Å². The van der Waals surface area contributed by atoms with Crippen molar-refractivity contribution in [3.05, 3.63) is 66.2 Å². The van der Waals surface area contributed by atoms with Gasteiger partial charge in [-0.2, -0.15) is 4.98 Å². The molecule has 0 bridgehead atoms. The van der Waals surface area contributed by atoms with Gasteiger partial charge in [-0.05, 0) is 18.6 Å². The van der Waals surface area contributed by atoms with Crippen LogP contribution >= 0.6 is 0 Å². The molecule has 29 heavy (non-hydrogen) atoms. The number of nitrogens with zero attached hydrogens (tertiary/aromatic N) is 6. The van der Waals surface area contributed by atoms with Crippen molar-refractivity contribution in [2.75, 3.05) is 18.0 Å². The van der Waals surface area contributed by atoms with E-state index in [1.165, 1.54) is 6.33 Å². The summed E-state index contributed by atoms with van der Waals surface area (Å²) < 4.78 is 6.13. The van der Waals surface area contributed by atoms with E-state index in [1.54, 1.807) is 18.6 Å². The molecule has 0 radical (unpaired) electrons. The van der Waals surface area contributed by atoms with Crippen molar-refractivity contribution in [1.29, 1.82) is 0 Å². The third-order valence-electron chi connectivity index (χ3n) is 4.69. The number of rotatable bonds is 6. The van der Waals surface area contributed by atoms with E-state index in [1.807, 2.05) is 43.3 Å². The summed E-state index contributed by atoms with van der Waals surface area (Å²) in [6, 6.07) is 11.5. The molecule has 0 saturated carbocycles. The first kappa shape index (κ1) is 18.8.